The SMILES string of the molecule is ClCC1(NCc2cccc(Br)c2)CCCCC1. The average molecular weight is 317 g/mol. The monoisotopic (exact) mass is 315 g/mol. The van der Waals surface area contributed by atoms with Gasteiger partial charge in [-0.05, 0) is 30.5 Å². The van der Waals surface area contributed by atoms with Crippen LogP contribution in [0.2, 0.25) is 0 Å². The van der Waals surface area contributed by atoms with Gasteiger partial charge < -0.3 is 5.32 Å². The van der Waals surface area contributed by atoms with Crippen LogP contribution < -0.4 is 5.32 Å². The molecule has 0 spiro atoms. The highest BCUT2D eigenvalue weighted by Crippen LogP contribution is 2.29. The van der Waals surface area contributed by atoms with E-state index in [1.165, 1.54) is 37.7 Å². The highest BCUT2D eigenvalue weighted by molar-refractivity contribution is 9.10. The van der Waals surface area contributed by atoms with E-state index in [2.05, 4.69) is 45.5 Å². The second-order valence-corrected chi connectivity index (χ2v) is 6.14. The lowest BCUT2D eigenvalue weighted by atomic mass is 9.83. The van der Waals surface area contributed by atoms with Crippen LogP contribution in [0.3, 0.4) is 0 Å². The zero-order valence-corrected chi connectivity index (χ0v) is 12.4. The molecule has 0 amide bonds. The fraction of sp³-hybridized carbons (Fsp3) is 0.571. The first-order chi connectivity index (χ1) is 8.24. The summed E-state index contributed by atoms with van der Waals surface area (Å²) in [7, 11) is 0. The van der Waals surface area contributed by atoms with Crippen LogP contribution in [0.1, 0.15) is 37.7 Å². The molecule has 1 aliphatic carbocycles. The van der Waals surface area contributed by atoms with E-state index >= 15 is 0 Å². The van der Waals surface area contributed by atoms with Gasteiger partial charge in [0.1, 0.15) is 0 Å². The molecule has 0 atom stereocenters. The maximum Gasteiger partial charge on any atom is 0.0406 e. The quantitative estimate of drug-likeness (QED) is 0.808. The summed E-state index contributed by atoms with van der Waals surface area (Å²) in [6, 6.07) is 8.46. The fourth-order valence-electron chi connectivity index (χ4n) is 2.52. The van der Waals surface area contributed by atoms with Crippen LogP contribution >= 0.6 is 27.5 Å². The Morgan fingerprint density at radius 3 is 2.65 bits per heavy atom. The summed E-state index contributed by atoms with van der Waals surface area (Å²) < 4.78 is 1.14. The number of benzene rings is 1. The standard InChI is InChI=1S/C14H19BrClN/c15-13-6-4-5-12(9-13)10-17-14(11-16)7-2-1-3-8-14/h4-6,9,17H,1-3,7-8,10-11H2. The summed E-state index contributed by atoms with van der Waals surface area (Å²) in [5.74, 6) is 0.723. The summed E-state index contributed by atoms with van der Waals surface area (Å²) >= 11 is 9.67. The van der Waals surface area contributed by atoms with Gasteiger partial charge in [-0.25, -0.2) is 0 Å². The molecule has 0 unspecified atom stereocenters. The van der Waals surface area contributed by atoms with E-state index in [1.807, 2.05) is 0 Å². The minimum absolute atomic E-state index is 0.169. The van der Waals surface area contributed by atoms with Crippen molar-refractivity contribution >= 4 is 27.5 Å². The summed E-state index contributed by atoms with van der Waals surface area (Å²) in [5.41, 5.74) is 1.48. The molecule has 1 aliphatic rings. The third-order valence-corrected chi connectivity index (χ3v) is 4.63. The molecule has 1 N–H and O–H groups in total. The number of hydrogen-bond donors (Lipinski definition) is 1. The van der Waals surface area contributed by atoms with E-state index < -0.39 is 0 Å². The fourth-order valence-corrected chi connectivity index (χ4v) is 3.33. The third-order valence-electron chi connectivity index (χ3n) is 3.62. The Kier molecular flexibility index (Phi) is 4.89. The lowest BCUT2D eigenvalue weighted by molar-refractivity contribution is 0.256. The van der Waals surface area contributed by atoms with Gasteiger partial charge in [0.25, 0.3) is 0 Å². The summed E-state index contributed by atoms with van der Waals surface area (Å²) in [4.78, 5) is 0. The van der Waals surface area contributed by atoms with Gasteiger partial charge in [-0.15, -0.1) is 11.6 Å². The molecule has 1 aromatic carbocycles. The molecule has 94 valence electrons. The maximum absolute atomic E-state index is 6.16. The van der Waals surface area contributed by atoms with Gasteiger partial charge in [-0.2, -0.15) is 0 Å². The van der Waals surface area contributed by atoms with Gasteiger partial charge in [0.05, 0.1) is 0 Å². The molecule has 1 fully saturated rings. The molecule has 0 radical (unpaired) electrons. The molecular formula is C14H19BrClN. The Hall–Kier alpha value is -0.0500. The van der Waals surface area contributed by atoms with E-state index in [0.717, 1.165) is 16.9 Å². The predicted molar refractivity (Wildman–Crippen MR) is 77.5 cm³/mol. The lowest BCUT2D eigenvalue weighted by Crippen LogP contribution is -2.48. The van der Waals surface area contributed by atoms with E-state index in [-0.39, 0.29) is 5.54 Å². The molecule has 0 aliphatic heterocycles. The van der Waals surface area contributed by atoms with E-state index in [0.29, 0.717) is 0 Å². The largest absolute Gasteiger partial charge is 0.306 e. The van der Waals surface area contributed by atoms with Crippen molar-refractivity contribution in [2.45, 2.75) is 44.2 Å². The van der Waals surface area contributed by atoms with Gasteiger partial charge in [-0.1, -0.05) is 47.3 Å². The zero-order chi connectivity index (χ0) is 12.1. The second-order valence-electron chi connectivity index (χ2n) is 4.96. The number of rotatable bonds is 4. The molecule has 3 heteroatoms. The normalized spacial score (nSPS) is 19.2. The van der Waals surface area contributed by atoms with Crippen molar-refractivity contribution < 1.29 is 0 Å². The summed E-state index contributed by atoms with van der Waals surface area (Å²) in [6.07, 6.45) is 6.39. The Morgan fingerprint density at radius 2 is 2.00 bits per heavy atom. The molecule has 1 saturated carbocycles. The van der Waals surface area contributed by atoms with Crippen molar-refractivity contribution in [1.82, 2.24) is 5.32 Å². The van der Waals surface area contributed by atoms with Crippen molar-refractivity contribution in [2.24, 2.45) is 0 Å². The van der Waals surface area contributed by atoms with Crippen molar-refractivity contribution in [3.05, 3.63) is 34.3 Å². The highest BCUT2D eigenvalue weighted by Gasteiger charge is 2.30. The van der Waals surface area contributed by atoms with Crippen LogP contribution in [-0.4, -0.2) is 11.4 Å². The number of alkyl halides is 1. The first-order valence-electron chi connectivity index (χ1n) is 6.30. The zero-order valence-electron chi connectivity index (χ0n) is 10.0. The highest BCUT2D eigenvalue weighted by atomic mass is 79.9. The van der Waals surface area contributed by atoms with Crippen molar-refractivity contribution in [3.8, 4) is 0 Å². The van der Waals surface area contributed by atoms with Gasteiger partial charge in [0, 0.05) is 22.4 Å². The van der Waals surface area contributed by atoms with Gasteiger partial charge in [-0.3, -0.25) is 0 Å². The molecule has 1 nitrogen and oxygen atoms in total. The minimum atomic E-state index is 0.169. The number of hydrogen-bond acceptors (Lipinski definition) is 1. The van der Waals surface area contributed by atoms with Crippen LogP contribution in [0.5, 0.6) is 0 Å². The summed E-state index contributed by atoms with van der Waals surface area (Å²) in [6.45, 7) is 0.909. The van der Waals surface area contributed by atoms with Crippen LogP contribution in [0.4, 0.5) is 0 Å². The average Bonchev–Trinajstić information content (AvgIpc) is 2.38. The maximum atomic E-state index is 6.16. The van der Waals surface area contributed by atoms with Gasteiger partial charge in [0.15, 0.2) is 0 Å². The van der Waals surface area contributed by atoms with Crippen molar-refractivity contribution in [3.63, 3.8) is 0 Å². The van der Waals surface area contributed by atoms with Crippen LogP contribution in [0.25, 0.3) is 0 Å². The van der Waals surface area contributed by atoms with E-state index in [1.54, 1.807) is 0 Å². The predicted octanol–water partition coefficient (Wildman–Crippen LogP) is 4.48. The second kappa shape index (κ2) is 6.21. The smallest absolute Gasteiger partial charge is 0.0406 e. The lowest BCUT2D eigenvalue weighted by Gasteiger charge is -2.36. The topological polar surface area (TPSA) is 12.0 Å². The number of nitrogens with one attached hydrogen (secondary N) is 1. The number of halogens is 2. The van der Waals surface area contributed by atoms with E-state index in [9.17, 15) is 0 Å². The van der Waals surface area contributed by atoms with E-state index in [4.69, 9.17) is 11.6 Å². The Bertz CT molecular complexity index is 361. The molecule has 17 heavy (non-hydrogen) atoms. The summed E-state index contributed by atoms with van der Waals surface area (Å²) in [5, 5.41) is 3.68. The molecule has 1 aromatic rings. The van der Waals surface area contributed by atoms with Crippen LogP contribution in [-0.2, 0) is 6.54 Å². The Morgan fingerprint density at radius 1 is 1.24 bits per heavy atom. The molecule has 2 rings (SSSR count). The first kappa shape index (κ1) is 13.4. The molecule has 0 aromatic heterocycles. The molecule has 0 saturated heterocycles. The van der Waals surface area contributed by atoms with Gasteiger partial charge >= 0.3 is 0 Å². The minimum Gasteiger partial charge on any atom is -0.306 e. The molecule has 0 heterocycles. The molecular weight excluding hydrogens is 298 g/mol. The Labute approximate surface area is 117 Å². The van der Waals surface area contributed by atoms with Crippen LogP contribution in [0, 0.1) is 0 Å². The van der Waals surface area contributed by atoms with Crippen molar-refractivity contribution in [1.29, 1.82) is 0 Å². The van der Waals surface area contributed by atoms with Gasteiger partial charge in [0.2, 0.25) is 0 Å². The Balaban J connectivity index is 1.95. The molecule has 0 bridgehead atoms. The third kappa shape index (κ3) is 3.70. The van der Waals surface area contributed by atoms with Crippen LogP contribution in [0.15, 0.2) is 28.7 Å². The van der Waals surface area contributed by atoms with Crippen molar-refractivity contribution in [2.75, 3.05) is 5.88 Å². The first-order valence-corrected chi connectivity index (χ1v) is 7.62.